The fraction of sp³-hybridized carbons (Fsp3) is 0.667. The maximum atomic E-state index is 13.3. The smallest absolute Gasteiger partial charge is 0.355 e. The number of carbonyl (C=O) groups is 1. The van der Waals surface area contributed by atoms with Gasteiger partial charge in [0.25, 0.3) is 0 Å². The Balaban J connectivity index is 1.52. The highest BCUT2D eigenvalue weighted by molar-refractivity contribution is 5.81. The van der Waals surface area contributed by atoms with E-state index in [1.165, 1.54) is 12.3 Å². The van der Waals surface area contributed by atoms with Gasteiger partial charge in [0.1, 0.15) is 5.82 Å². The number of halogens is 3. The lowest BCUT2D eigenvalue weighted by Crippen LogP contribution is -2.47. The van der Waals surface area contributed by atoms with Crippen LogP contribution in [0.4, 0.5) is 19.0 Å². The van der Waals surface area contributed by atoms with Crippen LogP contribution in [0.2, 0.25) is 0 Å². The number of amides is 1. The lowest BCUT2D eigenvalue weighted by molar-refractivity contribution is -0.137. The number of carbonyl (C=O) groups excluding carboxylic acids is 1. The average molecular weight is 353 g/mol. The summed E-state index contributed by atoms with van der Waals surface area (Å²) >= 11 is 0. The second-order valence-corrected chi connectivity index (χ2v) is 7.37. The summed E-state index contributed by atoms with van der Waals surface area (Å²) in [6.07, 6.45) is 2.68. The van der Waals surface area contributed by atoms with Gasteiger partial charge < -0.3 is 9.80 Å². The van der Waals surface area contributed by atoms with Crippen molar-refractivity contribution >= 4 is 11.7 Å². The van der Waals surface area contributed by atoms with Crippen LogP contribution in [0, 0.1) is 5.92 Å². The summed E-state index contributed by atoms with van der Waals surface area (Å²) in [5, 5.41) is 0. The first-order valence-electron chi connectivity index (χ1n) is 9.04. The van der Waals surface area contributed by atoms with E-state index in [4.69, 9.17) is 0 Å². The SMILES string of the molecule is O=C(C1CCCN(c2ncccc2C(F)(F)F)C1)N(C1CC1)C1CC1. The van der Waals surface area contributed by atoms with Gasteiger partial charge in [-0.25, -0.2) is 4.98 Å². The van der Waals surface area contributed by atoms with Crippen molar-refractivity contribution in [1.82, 2.24) is 9.88 Å². The van der Waals surface area contributed by atoms with Crippen LogP contribution in [-0.4, -0.2) is 41.0 Å². The normalized spacial score (nSPS) is 24.3. The summed E-state index contributed by atoms with van der Waals surface area (Å²) in [5.41, 5.74) is -0.718. The second kappa shape index (κ2) is 6.18. The fourth-order valence-corrected chi connectivity index (χ4v) is 3.82. The monoisotopic (exact) mass is 353 g/mol. The Kier molecular flexibility index (Phi) is 4.12. The van der Waals surface area contributed by atoms with Gasteiger partial charge in [0.15, 0.2) is 0 Å². The molecule has 0 spiro atoms. The second-order valence-electron chi connectivity index (χ2n) is 7.37. The fourth-order valence-electron chi connectivity index (χ4n) is 3.82. The standard InChI is InChI=1S/C18H22F3N3O/c19-18(20,21)15-4-1-9-22-16(15)23-10-2-3-12(11-23)17(25)24(13-5-6-13)14-7-8-14/h1,4,9,12-14H,2-3,5-8,10-11H2. The Morgan fingerprint density at radius 2 is 1.84 bits per heavy atom. The largest absolute Gasteiger partial charge is 0.419 e. The molecular weight excluding hydrogens is 331 g/mol. The van der Waals surface area contributed by atoms with E-state index < -0.39 is 11.7 Å². The quantitative estimate of drug-likeness (QED) is 0.832. The summed E-state index contributed by atoms with van der Waals surface area (Å²) in [6, 6.07) is 3.11. The zero-order valence-corrected chi connectivity index (χ0v) is 14.0. The number of hydrogen-bond acceptors (Lipinski definition) is 3. The minimum atomic E-state index is -4.44. The summed E-state index contributed by atoms with van der Waals surface area (Å²) < 4.78 is 39.8. The van der Waals surface area contributed by atoms with Crippen LogP contribution in [0.15, 0.2) is 18.3 Å². The molecule has 0 aromatic carbocycles. The van der Waals surface area contributed by atoms with Crippen LogP contribution in [-0.2, 0) is 11.0 Å². The Hall–Kier alpha value is -1.79. The first-order valence-corrected chi connectivity index (χ1v) is 9.04. The molecule has 25 heavy (non-hydrogen) atoms. The topological polar surface area (TPSA) is 36.4 Å². The van der Waals surface area contributed by atoms with Crippen molar-refractivity contribution in [1.29, 1.82) is 0 Å². The molecule has 7 heteroatoms. The van der Waals surface area contributed by atoms with E-state index in [0.29, 0.717) is 31.6 Å². The van der Waals surface area contributed by atoms with Gasteiger partial charge in [-0.05, 0) is 50.7 Å². The summed E-state index contributed by atoms with van der Waals surface area (Å²) in [4.78, 5) is 20.6. The van der Waals surface area contributed by atoms with Gasteiger partial charge in [-0.3, -0.25) is 4.79 Å². The molecule has 1 amide bonds. The van der Waals surface area contributed by atoms with Gasteiger partial charge in [0.2, 0.25) is 5.91 Å². The van der Waals surface area contributed by atoms with Crippen LogP contribution in [0.25, 0.3) is 0 Å². The van der Waals surface area contributed by atoms with Gasteiger partial charge in [0.05, 0.1) is 11.5 Å². The molecule has 2 saturated carbocycles. The van der Waals surface area contributed by atoms with Crippen LogP contribution < -0.4 is 4.90 Å². The van der Waals surface area contributed by atoms with Crippen molar-refractivity contribution in [3.8, 4) is 0 Å². The lowest BCUT2D eigenvalue weighted by atomic mass is 9.95. The van der Waals surface area contributed by atoms with Gasteiger partial charge in [0, 0.05) is 31.4 Å². The van der Waals surface area contributed by atoms with Gasteiger partial charge in [-0.15, -0.1) is 0 Å². The van der Waals surface area contributed by atoms with Gasteiger partial charge in [-0.1, -0.05) is 0 Å². The van der Waals surface area contributed by atoms with Crippen molar-refractivity contribution in [2.24, 2.45) is 5.92 Å². The van der Waals surface area contributed by atoms with E-state index in [1.807, 2.05) is 4.90 Å². The number of piperidine rings is 1. The molecule has 1 aliphatic heterocycles. The third kappa shape index (κ3) is 3.46. The number of alkyl halides is 3. The van der Waals surface area contributed by atoms with Crippen LogP contribution in [0.1, 0.15) is 44.1 Å². The van der Waals surface area contributed by atoms with E-state index in [-0.39, 0.29) is 17.6 Å². The minimum absolute atomic E-state index is 0.0445. The first-order chi connectivity index (χ1) is 11.9. The Morgan fingerprint density at radius 1 is 1.16 bits per heavy atom. The predicted octanol–water partition coefficient (Wildman–Crippen LogP) is 3.47. The van der Waals surface area contributed by atoms with Crippen LogP contribution in [0.3, 0.4) is 0 Å². The Morgan fingerprint density at radius 3 is 2.44 bits per heavy atom. The molecule has 2 aliphatic carbocycles. The predicted molar refractivity (Wildman–Crippen MR) is 87.1 cm³/mol. The molecule has 1 aromatic heterocycles. The van der Waals surface area contributed by atoms with E-state index in [1.54, 1.807) is 4.90 Å². The molecule has 0 N–H and O–H groups in total. The molecule has 136 valence electrons. The molecule has 1 unspecified atom stereocenters. The molecule has 1 atom stereocenters. The molecule has 0 bridgehead atoms. The molecule has 2 heterocycles. The molecule has 3 fully saturated rings. The highest BCUT2D eigenvalue weighted by atomic mass is 19.4. The van der Waals surface area contributed by atoms with E-state index in [9.17, 15) is 18.0 Å². The molecule has 4 rings (SSSR count). The highest BCUT2D eigenvalue weighted by Crippen LogP contribution is 2.40. The van der Waals surface area contributed by atoms with E-state index in [2.05, 4.69) is 4.98 Å². The van der Waals surface area contributed by atoms with Crippen LogP contribution in [0.5, 0.6) is 0 Å². The molecule has 3 aliphatic rings. The van der Waals surface area contributed by atoms with Crippen molar-refractivity contribution in [3.63, 3.8) is 0 Å². The summed E-state index contributed by atoms with van der Waals surface area (Å²) in [6.45, 7) is 0.839. The van der Waals surface area contributed by atoms with Crippen molar-refractivity contribution in [2.75, 3.05) is 18.0 Å². The van der Waals surface area contributed by atoms with Gasteiger partial charge >= 0.3 is 6.18 Å². The maximum Gasteiger partial charge on any atom is 0.419 e. The highest BCUT2D eigenvalue weighted by Gasteiger charge is 2.45. The molecule has 1 saturated heterocycles. The van der Waals surface area contributed by atoms with E-state index >= 15 is 0 Å². The number of anilines is 1. The van der Waals surface area contributed by atoms with Gasteiger partial charge in [-0.2, -0.15) is 13.2 Å². The molecule has 1 aromatic rings. The third-order valence-corrected chi connectivity index (χ3v) is 5.30. The Bertz CT molecular complexity index is 643. The maximum absolute atomic E-state index is 13.3. The number of rotatable bonds is 4. The third-order valence-electron chi connectivity index (χ3n) is 5.30. The molecular formula is C18H22F3N3O. The summed E-state index contributed by atoms with van der Waals surface area (Å²) in [5.74, 6) is -0.130. The zero-order valence-electron chi connectivity index (χ0n) is 14.0. The number of aromatic nitrogens is 1. The minimum Gasteiger partial charge on any atom is -0.355 e. The Labute approximate surface area is 145 Å². The molecule has 0 radical (unpaired) electrons. The zero-order chi connectivity index (χ0) is 17.6. The van der Waals surface area contributed by atoms with Crippen molar-refractivity contribution < 1.29 is 18.0 Å². The average Bonchev–Trinajstić information content (AvgIpc) is 3.49. The number of nitrogens with zero attached hydrogens (tertiary/aromatic N) is 3. The lowest BCUT2D eigenvalue weighted by Gasteiger charge is -2.36. The molecule has 4 nitrogen and oxygen atoms in total. The van der Waals surface area contributed by atoms with Crippen molar-refractivity contribution in [3.05, 3.63) is 23.9 Å². The van der Waals surface area contributed by atoms with Crippen molar-refractivity contribution in [2.45, 2.75) is 56.8 Å². The summed E-state index contributed by atoms with van der Waals surface area (Å²) in [7, 11) is 0. The van der Waals surface area contributed by atoms with Crippen LogP contribution >= 0.6 is 0 Å². The first kappa shape index (κ1) is 16.7. The number of pyridine rings is 1. The number of hydrogen-bond donors (Lipinski definition) is 0. The van der Waals surface area contributed by atoms with E-state index in [0.717, 1.165) is 38.2 Å².